The lowest BCUT2D eigenvalue weighted by Crippen LogP contribution is -2.24. The van der Waals surface area contributed by atoms with Crippen molar-refractivity contribution >= 4 is 34.6 Å². The molecule has 0 radical (unpaired) electrons. The SMILES string of the molecule is C(=Cc1ccco1)C1=NN(c2ccc3ccccc3n2)C(C=Cc2ccco2)C1. The molecule has 5 nitrogen and oxygen atoms in total. The van der Waals surface area contributed by atoms with Gasteiger partial charge in [0.25, 0.3) is 0 Å². The van der Waals surface area contributed by atoms with E-state index in [-0.39, 0.29) is 6.04 Å². The number of aromatic nitrogens is 1. The molecule has 1 aromatic carbocycles. The van der Waals surface area contributed by atoms with Gasteiger partial charge in [0, 0.05) is 11.8 Å². The quantitative estimate of drug-likeness (QED) is 0.439. The van der Waals surface area contributed by atoms with E-state index in [1.807, 2.05) is 71.8 Å². The lowest BCUT2D eigenvalue weighted by Gasteiger charge is -2.20. The monoisotopic (exact) mass is 381 g/mol. The van der Waals surface area contributed by atoms with Crippen LogP contribution in [-0.2, 0) is 0 Å². The summed E-state index contributed by atoms with van der Waals surface area (Å²) in [5.41, 5.74) is 1.92. The molecule has 0 N–H and O–H groups in total. The first-order valence-corrected chi connectivity index (χ1v) is 9.51. The highest BCUT2D eigenvalue weighted by Crippen LogP contribution is 2.27. The van der Waals surface area contributed by atoms with Crippen molar-refractivity contribution in [2.24, 2.45) is 5.10 Å². The Bertz CT molecular complexity index is 1190. The first-order valence-electron chi connectivity index (χ1n) is 9.51. The van der Waals surface area contributed by atoms with Crippen molar-refractivity contribution < 1.29 is 8.83 Å². The molecule has 0 fully saturated rings. The number of hydrazone groups is 1. The maximum atomic E-state index is 5.43. The summed E-state index contributed by atoms with van der Waals surface area (Å²) in [4.78, 5) is 4.82. The van der Waals surface area contributed by atoms with E-state index in [2.05, 4.69) is 18.2 Å². The largest absolute Gasteiger partial charge is 0.465 e. The van der Waals surface area contributed by atoms with E-state index in [1.54, 1.807) is 12.5 Å². The number of hydrogen-bond donors (Lipinski definition) is 0. The van der Waals surface area contributed by atoms with E-state index < -0.39 is 0 Å². The van der Waals surface area contributed by atoms with Gasteiger partial charge in [0.15, 0.2) is 0 Å². The molecule has 0 aliphatic carbocycles. The van der Waals surface area contributed by atoms with E-state index >= 15 is 0 Å². The Morgan fingerprint density at radius 3 is 2.41 bits per heavy atom. The second-order valence-electron chi connectivity index (χ2n) is 6.79. The molecule has 1 aliphatic heterocycles. The number of fused-ring (bicyclic) bond motifs is 1. The van der Waals surface area contributed by atoms with E-state index in [4.69, 9.17) is 18.9 Å². The summed E-state index contributed by atoms with van der Waals surface area (Å²) < 4.78 is 10.8. The van der Waals surface area contributed by atoms with Crippen molar-refractivity contribution in [1.82, 2.24) is 4.98 Å². The highest BCUT2D eigenvalue weighted by Gasteiger charge is 2.25. The van der Waals surface area contributed by atoms with Crippen LogP contribution in [0.15, 0.2) is 99.3 Å². The highest BCUT2D eigenvalue weighted by molar-refractivity contribution is 6.01. The lowest BCUT2D eigenvalue weighted by molar-refractivity contribution is 0.556. The van der Waals surface area contributed by atoms with Crippen molar-refractivity contribution in [2.75, 3.05) is 5.01 Å². The topological polar surface area (TPSA) is 54.8 Å². The summed E-state index contributed by atoms with van der Waals surface area (Å²) in [5.74, 6) is 2.44. The Morgan fingerprint density at radius 2 is 1.62 bits per heavy atom. The summed E-state index contributed by atoms with van der Waals surface area (Å²) in [5, 5.41) is 7.90. The van der Waals surface area contributed by atoms with Crippen LogP contribution in [0.4, 0.5) is 5.82 Å². The Kier molecular flexibility index (Phi) is 4.54. The van der Waals surface area contributed by atoms with E-state index in [0.717, 1.165) is 40.4 Å². The molecule has 1 unspecified atom stereocenters. The number of anilines is 1. The zero-order valence-corrected chi connectivity index (χ0v) is 15.7. The maximum absolute atomic E-state index is 5.43. The Morgan fingerprint density at radius 1 is 0.828 bits per heavy atom. The summed E-state index contributed by atoms with van der Waals surface area (Å²) >= 11 is 0. The summed E-state index contributed by atoms with van der Waals surface area (Å²) in [6.45, 7) is 0. The predicted molar refractivity (Wildman–Crippen MR) is 116 cm³/mol. The number of para-hydroxylation sites is 1. The average molecular weight is 381 g/mol. The summed E-state index contributed by atoms with van der Waals surface area (Å²) in [6.07, 6.45) is 12.1. The van der Waals surface area contributed by atoms with Crippen molar-refractivity contribution in [1.29, 1.82) is 0 Å². The Labute approximate surface area is 168 Å². The molecule has 1 atom stereocenters. The van der Waals surface area contributed by atoms with E-state index in [1.165, 1.54) is 0 Å². The molecular weight excluding hydrogens is 362 g/mol. The maximum Gasteiger partial charge on any atom is 0.150 e. The zero-order chi connectivity index (χ0) is 19.5. The molecule has 0 amide bonds. The molecule has 0 saturated carbocycles. The van der Waals surface area contributed by atoms with Crippen molar-refractivity contribution in [3.05, 3.63) is 96.9 Å². The summed E-state index contributed by atoms with van der Waals surface area (Å²) in [6, 6.07) is 19.8. The number of allylic oxidation sites excluding steroid dienone is 1. The second kappa shape index (κ2) is 7.64. The molecule has 4 aromatic rings. The van der Waals surface area contributed by atoms with Gasteiger partial charge in [-0.05, 0) is 60.7 Å². The molecule has 3 aromatic heterocycles. The van der Waals surface area contributed by atoms with Gasteiger partial charge in [-0.3, -0.25) is 0 Å². The van der Waals surface area contributed by atoms with Crippen LogP contribution in [0.1, 0.15) is 17.9 Å². The molecule has 0 spiro atoms. The van der Waals surface area contributed by atoms with Crippen molar-refractivity contribution in [2.45, 2.75) is 12.5 Å². The molecule has 0 saturated heterocycles. The molecule has 142 valence electrons. The van der Waals surface area contributed by atoms with Gasteiger partial charge < -0.3 is 8.83 Å². The minimum absolute atomic E-state index is 0.0463. The average Bonchev–Trinajstić information content (AvgIpc) is 3.52. The predicted octanol–water partition coefficient (Wildman–Crippen LogP) is 5.78. The minimum atomic E-state index is 0.0463. The molecular formula is C24H19N3O2. The molecule has 1 aliphatic rings. The first-order chi connectivity index (χ1) is 14.3. The fraction of sp³-hybridized carbons (Fsp3) is 0.0833. The smallest absolute Gasteiger partial charge is 0.150 e. The minimum Gasteiger partial charge on any atom is -0.465 e. The van der Waals surface area contributed by atoms with Crippen LogP contribution in [-0.4, -0.2) is 16.7 Å². The van der Waals surface area contributed by atoms with Crippen LogP contribution in [0.25, 0.3) is 23.1 Å². The summed E-state index contributed by atoms with van der Waals surface area (Å²) in [7, 11) is 0. The zero-order valence-electron chi connectivity index (χ0n) is 15.7. The fourth-order valence-corrected chi connectivity index (χ4v) is 3.37. The fourth-order valence-electron chi connectivity index (χ4n) is 3.37. The van der Waals surface area contributed by atoms with Crippen molar-refractivity contribution in [3.63, 3.8) is 0 Å². The van der Waals surface area contributed by atoms with Crippen LogP contribution >= 0.6 is 0 Å². The van der Waals surface area contributed by atoms with Crippen LogP contribution in [0.2, 0.25) is 0 Å². The molecule has 4 heterocycles. The van der Waals surface area contributed by atoms with Gasteiger partial charge in [0.05, 0.1) is 29.8 Å². The lowest BCUT2D eigenvalue weighted by atomic mass is 10.1. The normalized spacial score (nSPS) is 17.0. The van der Waals surface area contributed by atoms with Gasteiger partial charge in [-0.15, -0.1) is 0 Å². The third-order valence-electron chi connectivity index (χ3n) is 4.80. The number of nitrogens with zero attached hydrogens (tertiary/aromatic N) is 3. The van der Waals surface area contributed by atoms with Gasteiger partial charge in [0.1, 0.15) is 17.3 Å². The van der Waals surface area contributed by atoms with E-state index in [9.17, 15) is 0 Å². The number of pyridine rings is 1. The second-order valence-corrected chi connectivity index (χ2v) is 6.79. The molecule has 0 bridgehead atoms. The third kappa shape index (κ3) is 3.75. The Balaban J connectivity index is 1.47. The first kappa shape index (κ1) is 17.3. The van der Waals surface area contributed by atoms with Crippen LogP contribution in [0.5, 0.6) is 0 Å². The van der Waals surface area contributed by atoms with Crippen LogP contribution in [0, 0.1) is 0 Å². The van der Waals surface area contributed by atoms with Gasteiger partial charge in [-0.25, -0.2) is 9.99 Å². The van der Waals surface area contributed by atoms with E-state index in [0.29, 0.717) is 0 Å². The Hall–Kier alpha value is -3.86. The number of hydrogen-bond acceptors (Lipinski definition) is 5. The van der Waals surface area contributed by atoms with Crippen molar-refractivity contribution in [3.8, 4) is 0 Å². The van der Waals surface area contributed by atoms with Gasteiger partial charge >= 0.3 is 0 Å². The van der Waals surface area contributed by atoms with Gasteiger partial charge in [-0.1, -0.05) is 24.3 Å². The van der Waals surface area contributed by atoms with Crippen LogP contribution < -0.4 is 5.01 Å². The standard InChI is InChI=1S/C24H19N3O2/c1-2-8-23-18(5-1)9-14-24(25-23)27-20(11-13-22-7-4-16-29-22)17-19(26-27)10-12-21-6-3-15-28-21/h1-16,20H,17H2. The van der Waals surface area contributed by atoms with Gasteiger partial charge in [-0.2, -0.15) is 5.10 Å². The van der Waals surface area contributed by atoms with Crippen LogP contribution in [0.3, 0.4) is 0 Å². The highest BCUT2D eigenvalue weighted by atomic mass is 16.3. The third-order valence-corrected chi connectivity index (χ3v) is 4.80. The molecule has 5 heteroatoms. The van der Waals surface area contributed by atoms with Gasteiger partial charge in [0.2, 0.25) is 0 Å². The molecule has 5 rings (SSSR count). The number of rotatable bonds is 5. The number of benzene rings is 1. The number of furan rings is 2. The molecule has 29 heavy (non-hydrogen) atoms.